The van der Waals surface area contributed by atoms with E-state index in [4.69, 9.17) is 9.47 Å². The second-order valence-electron chi connectivity index (χ2n) is 4.68. The van der Waals surface area contributed by atoms with Gasteiger partial charge < -0.3 is 0 Å². The van der Waals surface area contributed by atoms with Crippen LogP contribution in [0.3, 0.4) is 0 Å². The van der Waals surface area contributed by atoms with E-state index in [0.717, 1.165) is 12.8 Å². The number of carbonyl (C=O) groups is 2. The summed E-state index contributed by atoms with van der Waals surface area (Å²) >= 11 is -1.65. The van der Waals surface area contributed by atoms with Crippen molar-refractivity contribution in [2.45, 2.75) is 38.1 Å². The zero-order chi connectivity index (χ0) is 15.2. The molecule has 0 fully saturated rings. The summed E-state index contributed by atoms with van der Waals surface area (Å²) in [7, 11) is 0. The van der Waals surface area contributed by atoms with E-state index >= 15 is 0 Å². The first kappa shape index (κ1) is 19.3. The van der Waals surface area contributed by atoms with Crippen LogP contribution in [0.5, 0.6) is 0 Å². The molecule has 0 aromatic heterocycles. The number of esters is 2. The molecule has 0 aromatic rings. The zero-order valence-corrected chi connectivity index (χ0v) is 16.9. The Morgan fingerprint density at radius 3 is 1.75 bits per heavy atom. The molecule has 0 saturated carbocycles. The number of ether oxygens (including phenoxy) is 2. The quantitative estimate of drug-likeness (QED) is 0.189. The number of carbonyl (C=O) groups excluding carboxylic acids is 2. The van der Waals surface area contributed by atoms with Gasteiger partial charge in [-0.25, -0.2) is 0 Å². The Bertz CT molecular complexity index is 287. The fourth-order valence-corrected chi connectivity index (χ4v) is 14.4. The molecule has 0 heterocycles. The van der Waals surface area contributed by atoms with Crippen molar-refractivity contribution in [1.29, 1.82) is 0 Å². The molecule has 0 atom stereocenters. The van der Waals surface area contributed by atoms with E-state index in [9.17, 15) is 9.59 Å². The van der Waals surface area contributed by atoms with E-state index in [2.05, 4.69) is 20.1 Å². The van der Waals surface area contributed by atoms with Gasteiger partial charge in [0.25, 0.3) is 0 Å². The van der Waals surface area contributed by atoms with Crippen LogP contribution in [0.1, 0.15) is 26.2 Å². The standard InChI is InChI=1S/2C6H9O2.C3H7.Tl/c2*1-3-5-8-6(7)4-2;1-3-2;/h2*4H,1-3,5H2;1,3H2,2H3;. The van der Waals surface area contributed by atoms with Gasteiger partial charge in [0.05, 0.1) is 0 Å². The molecule has 4 nitrogen and oxygen atoms in total. The second-order valence-corrected chi connectivity index (χ2v) is 18.1. The minimum atomic E-state index is -1.65. The van der Waals surface area contributed by atoms with Gasteiger partial charge in [0, 0.05) is 0 Å². The average Bonchev–Trinajstić information content (AvgIpc) is 2.46. The van der Waals surface area contributed by atoms with Crippen molar-refractivity contribution in [3.05, 3.63) is 25.3 Å². The van der Waals surface area contributed by atoms with Crippen LogP contribution in [0.15, 0.2) is 25.3 Å². The first-order chi connectivity index (χ1) is 9.63. The molecule has 0 aliphatic heterocycles. The molecule has 20 heavy (non-hydrogen) atoms. The monoisotopic (exact) mass is 474 g/mol. The first-order valence-electron chi connectivity index (χ1n) is 7.22. The molecular formula is C15H25O4Tl. The van der Waals surface area contributed by atoms with Crippen LogP contribution in [0.4, 0.5) is 0 Å². The van der Waals surface area contributed by atoms with Gasteiger partial charge in [0.2, 0.25) is 0 Å². The summed E-state index contributed by atoms with van der Waals surface area (Å²) in [6, 6.07) is 0. The van der Waals surface area contributed by atoms with Gasteiger partial charge in [-0.05, 0) is 0 Å². The topological polar surface area (TPSA) is 52.6 Å². The molecule has 112 valence electrons. The molecule has 0 aliphatic rings. The molecule has 0 saturated heterocycles. The molecule has 0 radical (unpaired) electrons. The van der Waals surface area contributed by atoms with Crippen LogP contribution < -0.4 is 0 Å². The van der Waals surface area contributed by atoms with Crippen molar-refractivity contribution in [2.24, 2.45) is 0 Å². The molecule has 0 N–H and O–H groups in total. The van der Waals surface area contributed by atoms with Crippen molar-refractivity contribution in [3.63, 3.8) is 0 Å². The van der Waals surface area contributed by atoms with E-state index in [1.807, 2.05) is 0 Å². The third-order valence-corrected chi connectivity index (χ3v) is 18.0. The maximum absolute atomic E-state index is 10.9. The van der Waals surface area contributed by atoms with Crippen molar-refractivity contribution < 1.29 is 19.1 Å². The van der Waals surface area contributed by atoms with Gasteiger partial charge >= 0.3 is 130 Å². The van der Waals surface area contributed by atoms with Crippen molar-refractivity contribution in [1.82, 2.24) is 0 Å². The van der Waals surface area contributed by atoms with Crippen molar-refractivity contribution >= 4 is 34.6 Å². The van der Waals surface area contributed by atoms with Crippen LogP contribution in [0.2, 0.25) is 11.9 Å². The summed E-state index contributed by atoms with van der Waals surface area (Å²) in [5, 5.41) is 0. The van der Waals surface area contributed by atoms with E-state index in [0.29, 0.717) is 13.2 Å². The third-order valence-electron chi connectivity index (χ3n) is 3.03. The summed E-state index contributed by atoms with van der Waals surface area (Å²) in [4.78, 5) is 21.8. The fraction of sp³-hybridized carbons (Fsp3) is 0.600. The van der Waals surface area contributed by atoms with Crippen LogP contribution in [0.25, 0.3) is 0 Å². The Hall–Kier alpha value is -0.658. The summed E-state index contributed by atoms with van der Waals surface area (Å²) in [5.41, 5.74) is 0. The van der Waals surface area contributed by atoms with Gasteiger partial charge in [-0.3, -0.25) is 0 Å². The summed E-state index contributed by atoms with van der Waals surface area (Å²) in [6.45, 7) is 9.94. The maximum atomic E-state index is 10.9. The molecular weight excluding hydrogens is 449 g/mol. The van der Waals surface area contributed by atoms with Crippen molar-refractivity contribution in [2.75, 3.05) is 13.2 Å². The molecule has 5 heteroatoms. The van der Waals surface area contributed by atoms with E-state index < -0.39 is 22.7 Å². The van der Waals surface area contributed by atoms with Crippen LogP contribution in [0, 0.1) is 0 Å². The summed E-state index contributed by atoms with van der Waals surface area (Å²) < 4.78 is 13.8. The molecule has 0 rings (SSSR count). The average molecular weight is 474 g/mol. The van der Waals surface area contributed by atoms with Crippen molar-refractivity contribution in [3.8, 4) is 0 Å². The zero-order valence-electron chi connectivity index (χ0n) is 12.4. The predicted molar refractivity (Wildman–Crippen MR) is 82.0 cm³/mol. The Labute approximate surface area is 130 Å². The van der Waals surface area contributed by atoms with Crippen LogP contribution in [-0.2, 0) is 19.1 Å². The molecule has 0 bridgehead atoms. The molecule has 0 spiro atoms. The summed E-state index contributed by atoms with van der Waals surface area (Å²) in [6.07, 6.45) is 5.53. The van der Waals surface area contributed by atoms with E-state index in [1.165, 1.54) is 30.5 Å². The molecule has 0 aliphatic carbocycles. The summed E-state index contributed by atoms with van der Waals surface area (Å²) in [5.74, 6) is -0.685. The van der Waals surface area contributed by atoms with E-state index in [-0.39, 0.29) is 11.9 Å². The Morgan fingerprint density at radius 1 is 0.950 bits per heavy atom. The van der Waals surface area contributed by atoms with Gasteiger partial charge in [-0.15, -0.1) is 0 Å². The first-order valence-corrected chi connectivity index (χ1v) is 16.7. The number of hydrogen-bond acceptors (Lipinski definition) is 4. The predicted octanol–water partition coefficient (Wildman–Crippen LogP) is 3.13. The molecule has 0 amide bonds. The van der Waals surface area contributed by atoms with Gasteiger partial charge in [-0.1, -0.05) is 0 Å². The normalized spacial score (nSPS) is 9.65. The fourth-order valence-electron chi connectivity index (χ4n) is 2.05. The Kier molecular flexibility index (Phi) is 12.9. The van der Waals surface area contributed by atoms with Gasteiger partial charge in [0.15, 0.2) is 0 Å². The van der Waals surface area contributed by atoms with Crippen LogP contribution >= 0.6 is 0 Å². The van der Waals surface area contributed by atoms with Gasteiger partial charge in [0.1, 0.15) is 0 Å². The molecule has 0 unspecified atom stereocenters. The van der Waals surface area contributed by atoms with Crippen LogP contribution in [-0.4, -0.2) is 47.9 Å². The Balaban J connectivity index is 3.74. The Morgan fingerprint density at radius 2 is 1.40 bits per heavy atom. The SMILES string of the molecule is C=CC(=O)OCC[CH2][Tl]([CH2]CC)[CH2]CCOC(=O)C=C. The second kappa shape index (κ2) is 13.3. The number of rotatable bonds is 12. The van der Waals surface area contributed by atoms with Gasteiger partial charge in [-0.2, -0.15) is 0 Å². The minimum absolute atomic E-state index is 0.343. The third kappa shape index (κ3) is 11.2. The molecule has 0 aromatic carbocycles. The number of hydrogen-bond donors (Lipinski definition) is 0. The van der Waals surface area contributed by atoms with E-state index in [1.54, 1.807) is 0 Å².